The van der Waals surface area contributed by atoms with Crippen LogP contribution in [0.25, 0.3) is 0 Å². The number of anilines is 1. The first-order chi connectivity index (χ1) is 8.78. The normalized spacial score (nSPS) is 10.3. The third-order valence-electron chi connectivity index (χ3n) is 2.49. The first kappa shape index (κ1) is 12.5. The van der Waals surface area contributed by atoms with Crippen LogP contribution in [0.4, 0.5) is 5.69 Å². The lowest BCUT2D eigenvalue weighted by molar-refractivity contribution is 0.134. The van der Waals surface area contributed by atoms with E-state index in [2.05, 4.69) is 0 Å². The van der Waals surface area contributed by atoms with Gasteiger partial charge in [-0.3, -0.25) is 0 Å². The van der Waals surface area contributed by atoms with E-state index >= 15 is 0 Å². The standard InChI is InChI=1S/C15H17NO2/c1-2-17-11-12-6-8-14(9-7-12)18-15-5-3-4-13(16)10-15/h3-10H,2,11,16H2,1H3. The largest absolute Gasteiger partial charge is 0.457 e. The van der Waals surface area contributed by atoms with E-state index in [1.165, 1.54) is 0 Å². The minimum Gasteiger partial charge on any atom is -0.457 e. The van der Waals surface area contributed by atoms with Gasteiger partial charge in [-0.2, -0.15) is 0 Å². The zero-order valence-corrected chi connectivity index (χ0v) is 10.4. The van der Waals surface area contributed by atoms with E-state index in [0.717, 1.165) is 23.7 Å². The molecule has 0 aromatic heterocycles. The highest BCUT2D eigenvalue weighted by molar-refractivity contribution is 5.45. The van der Waals surface area contributed by atoms with Gasteiger partial charge in [0.05, 0.1) is 6.61 Å². The molecule has 0 saturated heterocycles. The molecule has 2 rings (SSSR count). The molecule has 3 nitrogen and oxygen atoms in total. The molecule has 0 spiro atoms. The van der Waals surface area contributed by atoms with E-state index in [4.69, 9.17) is 15.2 Å². The second-order valence-electron chi connectivity index (χ2n) is 3.96. The number of rotatable bonds is 5. The van der Waals surface area contributed by atoms with Gasteiger partial charge in [0.15, 0.2) is 0 Å². The molecule has 2 aromatic carbocycles. The lowest BCUT2D eigenvalue weighted by atomic mass is 10.2. The Balaban J connectivity index is 2.02. The topological polar surface area (TPSA) is 44.5 Å². The lowest BCUT2D eigenvalue weighted by Gasteiger charge is -2.07. The second kappa shape index (κ2) is 6.07. The first-order valence-electron chi connectivity index (χ1n) is 5.98. The third-order valence-corrected chi connectivity index (χ3v) is 2.49. The van der Waals surface area contributed by atoms with Gasteiger partial charge < -0.3 is 15.2 Å². The molecule has 18 heavy (non-hydrogen) atoms. The fraction of sp³-hybridized carbons (Fsp3) is 0.200. The summed E-state index contributed by atoms with van der Waals surface area (Å²) in [6, 6.07) is 15.2. The quantitative estimate of drug-likeness (QED) is 0.816. The van der Waals surface area contributed by atoms with Crippen molar-refractivity contribution in [2.24, 2.45) is 0 Å². The molecular weight excluding hydrogens is 226 g/mol. The molecule has 0 bridgehead atoms. The van der Waals surface area contributed by atoms with E-state index in [9.17, 15) is 0 Å². The van der Waals surface area contributed by atoms with Crippen LogP contribution in [0, 0.1) is 0 Å². The van der Waals surface area contributed by atoms with Crippen molar-refractivity contribution in [3.8, 4) is 11.5 Å². The minimum absolute atomic E-state index is 0.634. The summed E-state index contributed by atoms with van der Waals surface area (Å²) in [4.78, 5) is 0. The minimum atomic E-state index is 0.634. The summed E-state index contributed by atoms with van der Waals surface area (Å²) < 4.78 is 11.0. The van der Waals surface area contributed by atoms with E-state index in [0.29, 0.717) is 12.3 Å². The Labute approximate surface area is 107 Å². The van der Waals surface area contributed by atoms with Gasteiger partial charge in [-0.1, -0.05) is 18.2 Å². The summed E-state index contributed by atoms with van der Waals surface area (Å²) >= 11 is 0. The number of nitrogens with two attached hydrogens (primary N) is 1. The molecule has 0 fully saturated rings. The van der Waals surface area contributed by atoms with Gasteiger partial charge in [-0.15, -0.1) is 0 Å². The fourth-order valence-electron chi connectivity index (χ4n) is 1.59. The molecule has 2 aromatic rings. The maximum atomic E-state index is 5.70. The molecular formula is C15H17NO2. The van der Waals surface area contributed by atoms with Crippen LogP contribution in [0.15, 0.2) is 48.5 Å². The van der Waals surface area contributed by atoms with Gasteiger partial charge in [-0.25, -0.2) is 0 Å². The fourth-order valence-corrected chi connectivity index (χ4v) is 1.59. The van der Waals surface area contributed by atoms with Crippen LogP contribution in [0.1, 0.15) is 12.5 Å². The van der Waals surface area contributed by atoms with Crippen LogP contribution in [-0.2, 0) is 11.3 Å². The average molecular weight is 243 g/mol. The van der Waals surface area contributed by atoms with Crippen LogP contribution in [-0.4, -0.2) is 6.61 Å². The highest BCUT2D eigenvalue weighted by atomic mass is 16.5. The van der Waals surface area contributed by atoms with E-state index < -0.39 is 0 Å². The van der Waals surface area contributed by atoms with Crippen LogP contribution in [0.3, 0.4) is 0 Å². The summed E-state index contributed by atoms with van der Waals surface area (Å²) in [5.41, 5.74) is 7.53. The molecule has 0 aliphatic heterocycles. The second-order valence-corrected chi connectivity index (χ2v) is 3.96. The predicted molar refractivity (Wildman–Crippen MR) is 72.7 cm³/mol. The molecule has 0 unspecified atom stereocenters. The molecule has 0 aliphatic rings. The van der Waals surface area contributed by atoms with Crippen molar-refractivity contribution in [3.63, 3.8) is 0 Å². The van der Waals surface area contributed by atoms with Gasteiger partial charge in [0.1, 0.15) is 11.5 Å². The van der Waals surface area contributed by atoms with E-state index in [1.54, 1.807) is 6.07 Å². The zero-order valence-electron chi connectivity index (χ0n) is 10.4. The van der Waals surface area contributed by atoms with Gasteiger partial charge in [0.25, 0.3) is 0 Å². The van der Waals surface area contributed by atoms with Gasteiger partial charge in [0, 0.05) is 18.4 Å². The number of hydrogen-bond donors (Lipinski definition) is 1. The Morgan fingerprint density at radius 2 is 1.78 bits per heavy atom. The van der Waals surface area contributed by atoms with Crippen molar-refractivity contribution < 1.29 is 9.47 Å². The molecule has 2 N–H and O–H groups in total. The average Bonchev–Trinajstić information content (AvgIpc) is 2.38. The smallest absolute Gasteiger partial charge is 0.129 e. The maximum Gasteiger partial charge on any atom is 0.129 e. The Kier molecular flexibility index (Phi) is 4.20. The molecule has 94 valence electrons. The van der Waals surface area contributed by atoms with E-state index in [-0.39, 0.29) is 0 Å². The van der Waals surface area contributed by atoms with Crippen molar-refractivity contribution in [1.82, 2.24) is 0 Å². The van der Waals surface area contributed by atoms with Crippen LogP contribution >= 0.6 is 0 Å². The van der Waals surface area contributed by atoms with Crippen molar-refractivity contribution in [2.75, 3.05) is 12.3 Å². The van der Waals surface area contributed by atoms with Gasteiger partial charge >= 0.3 is 0 Å². The number of nitrogen functional groups attached to an aromatic ring is 1. The third kappa shape index (κ3) is 3.50. The van der Waals surface area contributed by atoms with Crippen molar-refractivity contribution in [1.29, 1.82) is 0 Å². The maximum absolute atomic E-state index is 5.70. The summed E-state index contributed by atoms with van der Waals surface area (Å²) in [7, 11) is 0. The van der Waals surface area contributed by atoms with Gasteiger partial charge in [-0.05, 0) is 36.8 Å². The molecule has 0 radical (unpaired) electrons. The highest BCUT2D eigenvalue weighted by Gasteiger charge is 1.98. The molecule has 0 amide bonds. The number of benzene rings is 2. The summed E-state index contributed by atoms with van der Waals surface area (Å²) in [6.45, 7) is 3.34. The Morgan fingerprint density at radius 3 is 2.44 bits per heavy atom. The molecule has 0 aliphatic carbocycles. The van der Waals surface area contributed by atoms with Crippen LogP contribution in [0.2, 0.25) is 0 Å². The van der Waals surface area contributed by atoms with Crippen LogP contribution < -0.4 is 10.5 Å². The SMILES string of the molecule is CCOCc1ccc(Oc2cccc(N)c2)cc1. The Bertz CT molecular complexity index is 494. The first-order valence-corrected chi connectivity index (χ1v) is 5.98. The molecule has 3 heteroatoms. The monoisotopic (exact) mass is 243 g/mol. The summed E-state index contributed by atoms with van der Waals surface area (Å²) in [5.74, 6) is 1.54. The van der Waals surface area contributed by atoms with Crippen molar-refractivity contribution >= 4 is 5.69 Å². The number of hydrogen-bond acceptors (Lipinski definition) is 3. The molecule has 0 saturated carbocycles. The Morgan fingerprint density at radius 1 is 1.00 bits per heavy atom. The zero-order chi connectivity index (χ0) is 12.8. The highest BCUT2D eigenvalue weighted by Crippen LogP contribution is 2.23. The van der Waals surface area contributed by atoms with Crippen molar-refractivity contribution in [2.45, 2.75) is 13.5 Å². The van der Waals surface area contributed by atoms with E-state index in [1.807, 2.05) is 49.4 Å². The molecule has 0 heterocycles. The summed E-state index contributed by atoms with van der Waals surface area (Å²) in [6.07, 6.45) is 0. The summed E-state index contributed by atoms with van der Waals surface area (Å²) in [5, 5.41) is 0. The van der Waals surface area contributed by atoms with Crippen LogP contribution in [0.5, 0.6) is 11.5 Å². The van der Waals surface area contributed by atoms with Gasteiger partial charge in [0.2, 0.25) is 0 Å². The number of ether oxygens (including phenoxy) is 2. The molecule has 0 atom stereocenters. The predicted octanol–water partition coefficient (Wildman–Crippen LogP) is 3.60. The Hall–Kier alpha value is -2.00. The van der Waals surface area contributed by atoms with Crippen molar-refractivity contribution in [3.05, 3.63) is 54.1 Å². The lowest BCUT2D eigenvalue weighted by Crippen LogP contribution is -1.92.